The van der Waals surface area contributed by atoms with Gasteiger partial charge in [0.2, 0.25) is 11.7 Å². The van der Waals surface area contributed by atoms with E-state index in [1.54, 1.807) is 35.3 Å². The van der Waals surface area contributed by atoms with Crippen molar-refractivity contribution in [3.63, 3.8) is 0 Å². The Morgan fingerprint density at radius 2 is 1.78 bits per heavy atom. The maximum Gasteiger partial charge on any atom is 0.417 e. The van der Waals surface area contributed by atoms with Gasteiger partial charge in [0.1, 0.15) is 18.7 Å². The number of pyridine rings is 1. The Morgan fingerprint density at radius 1 is 0.972 bits per heavy atom. The van der Waals surface area contributed by atoms with Crippen LogP contribution in [0.1, 0.15) is 11.1 Å². The minimum atomic E-state index is -4.69. The van der Waals surface area contributed by atoms with E-state index in [1.807, 2.05) is 0 Å². The predicted molar refractivity (Wildman–Crippen MR) is 119 cm³/mol. The summed E-state index contributed by atoms with van der Waals surface area (Å²) in [5, 5.41) is -0.497. The predicted octanol–water partition coefficient (Wildman–Crippen LogP) is 5.76. The van der Waals surface area contributed by atoms with Crippen LogP contribution in [0.3, 0.4) is 0 Å². The van der Waals surface area contributed by atoms with Crippen molar-refractivity contribution in [2.75, 3.05) is 0 Å². The summed E-state index contributed by atoms with van der Waals surface area (Å²) in [6.07, 6.45) is 4.66. The van der Waals surface area contributed by atoms with Crippen molar-refractivity contribution in [1.29, 1.82) is 0 Å². The lowest BCUT2D eigenvalue weighted by Gasteiger charge is -2.12. The number of rotatable bonds is 6. The summed E-state index contributed by atoms with van der Waals surface area (Å²) in [5.74, 6) is -1.03. The van der Waals surface area contributed by atoms with Crippen LogP contribution in [0.25, 0.3) is 17.0 Å². The average Bonchev–Trinajstić information content (AvgIpc) is 3.28. The molecule has 8 nitrogen and oxygen atoms in total. The molecule has 4 aromatic heterocycles. The summed E-state index contributed by atoms with van der Waals surface area (Å²) in [7, 11) is 0. The zero-order chi connectivity index (χ0) is 25.3. The highest BCUT2D eigenvalue weighted by Gasteiger charge is 2.33. The molecule has 0 saturated heterocycles. The van der Waals surface area contributed by atoms with Gasteiger partial charge in [0, 0.05) is 42.0 Å². The molecular weight excluding hydrogens is 504 g/mol. The third kappa shape index (κ3) is 4.89. The Morgan fingerprint density at radius 3 is 2.53 bits per heavy atom. The molecule has 0 atom stereocenters. The van der Waals surface area contributed by atoms with E-state index in [2.05, 4.69) is 24.9 Å². The summed E-state index contributed by atoms with van der Waals surface area (Å²) in [6.45, 7) is -0.0768. The van der Waals surface area contributed by atoms with Crippen molar-refractivity contribution in [3.05, 3.63) is 89.6 Å². The van der Waals surface area contributed by atoms with Crippen LogP contribution >= 0.6 is 11.6 Å². The van der Waals surface area contributed by atoms with Crippen LogP contribution in [-0.2, 0) is 12.8 Å². The Kier molecular flexibility index (Phi) is 6.10. The first-order chi connectivity index (χ1) is 17.3. The van der Waals surface area contributed by atoms with Gasteiger partial charge < -0.3 is 9.47 Å². The van der Waals surface area contributed by atoms with Crippen molar-refractivity contribution < 1.29 is 27.0 Å². The lowest BCUT2D eigenvalue weighted by Crippen LogP contribution is -2.06. The Labute approximate surface area is 205 Å². The van der Waals surface area contributed by atoms with E-state index >= 15 is 0 Å². The molecule has 0 aliphatic rings. The maximum absolute atomic E-state index is 14.5. The summed E-state index contributed by atoms with van der Waals surface area (Å²) >= 11 is 5.59. The fraction of sp³-hybridized carbons (Fsp3) is 0.0870. The number of hydrogen-bond donors (Lipinski definition) is 0. The zero-order valence-electron chi connectivity index (χ0n) is 17.9. The number of fused-ring (bicyclic) bond motifs is 1. The van der Waals surface area contributed by atoms with Gasteiger partial charge in [-0.05, 0) is 24.3 Å². The zero-order valence-corrected chi connectivity index (χ0v) is 18.7. The van der Waals surface area contributed by atoms with Gasteiger partial charge in [-0.15, -0.1) is 0 Å². The number of hydrogen-bond acceptors (Lipinski definition) is 7. The van der Waals surface area contributed by atoms with Crippen molar-refractivity contribution in [2.45, 2.75) is 12.8 Å². The molecule has 5 aromatic rings. The van der Waals surface area contributed by atoms with Gasteiger partial charge in [-0.3, -0.25) is 4.40 Å². The molecule has 182 valence electrons. The van der Waals surface area contributed by atoms with Gasteiger partial charge in [-0.2, -0.15) is 18.2 Å². The fourth-order valence-corrected chi connectivity index (χ4v) is 3.48. The number of aromatic nitrogens is 6. The lowest BCUT2D eigenvalue weighted by molar-refractivity contribution is -0.137. The van der Waals surface area contributed by atoms with Gasteiger partial charge in [0.15, 0.2) is 5.82 Å². The minimum Gasteiger partial charge on any atom is -0.473 e. The first-order valence-corrected chi connectivity index (χ1v) is 10.6. The van der Waals surface area contributed by atoms with Crippen LogP contribution in [-0.4, -0.2) is 29.3 Å². The van der Waals surface area contributed by atoms with E-state index in [9.17, 15) is 17.6 Å². The highest BCUT2D eigenvalue weighted by atomic mass is 35.5. The van der Waals surface area contributed by atoms with Crippen LogP contribution in [0.4, 0.5) is 17.6 Å². The molecule has 0 N–H and O–H groups in total. The third-order valence-corrected chi connectivity index (χ3v) is 5.25. The monoisotopic (exact) mass is 516 g/mol. The Hall–Kier alpha value is -4.32. The summed E-state index contributed by atoms with van der Waals surface area (Å²) < 4.78 is 66.2. The topological polar surface area (TPSA) is 87.3 Å². The molecule has 0 aliphatic heterocycles. The van der Waals surface area contributed by atoms with Crippen molar-refractivity contribution in [3.8, 4) is 28.8 Å². The molecule has 1 aromatic carbocycles. The second-order valence-electron chi connectivity index (χ2n) is 7.37. The normalized spacial score (nSPS) is 11.6. The minimum absolute atomic E-state index is 0.0768. The van der Waals surface area contributed by atoms with E-state index in [0.29, 0.717) is 17.4 Å². The first-order valence-electron chi connectivity index (χ1n) is 10.2. The molecule has 13 heteroatoms. The molecule has 0 fully saturated rings. The molecule has 5 rings (SSSR count). The van der Waals surface area contributed by atoms with Crippen LogP contribution in [0.2, 0.25) is 5.02 Å². The Balaban J connectivity index is 1.28. The van der Waals surface area contributed by atoms with Crippen molar-refractivity contribution in [2.24, 2.45) is 0 Å². The highest BCUT2D eigenvalue weighted by molar-refractivity contribution is 6.31. The maximum atomic E-state index is 14.5. The second-order valence-corrected chi connectivity index (χ2v) is 7.77. The first kappa shape index (κ1) is 23.4. The van der Waals surface area contributed by atoms with Crippen LogP contribution < -0.4 is 9.47 Å². The standard InChI is InChI=1S/C23H13ClF4N6O2/c24-17-2-1-15(6-16(17)23(26,27)28)36-21-18(25)5-13(7-31-21)11-35-20-3-4-34-19(10-32-22(34)33-20)14-8-29-12-30-9-14/h1-10,12H,11H2. The van der Waals surface area contributed by atoms with E-state index in [1.165, 1.54) is 18.6 Å². The highest BCUT2D eigenvalue weighted by Crippen LogP contribution is 2.37. The van der Waals surface area contributed by atoms with Crippen LogP contribution in [0.15, 0.2) is 67.6 Å². The quantitative estimate of drug-likeness (QED) is 0.265. The largest absolute Gasteiger partial charge is 0.473 e. The van der Waals surface area contributed by atoms with Gasteiger partial charge in [-0.25, -0.2) is 24.3 Å². The smallest absolute Gasteiger partial charge is 0.417 e. The van der Waals surface area contributed by atoms with Gasteiger partial charge in [0.25, 0.3) is 5.88 Å². The number of ether oxygens (including phenoxy) is 2. The number of imidazole rings is 1. The Bertz CT molecular complexity index is 1550. The van der Waals surface area contributed by atoms with E-state index < -0.39 is 28.5 Å². The van der Waals surface area contributed by atoms with Crippen LogP contribution in [0.5, 0.6) is 17.5 Å². The van der Waals surface area contributed by atoms with Crippen molar-refractivity contribution >= 4 is 17.4 Å². The summed E-state index contributed by atoms with van der Waals surface area (Å²) in [5.41, 5.74) is 0.754. The molecule has 0 aliphatic carbocycles. The molecule has 4 heterocycles. The molecule has 0 radical (unpaired) electrons. The van der Waals surface area contributed by atoms with E-state index in [4.69, 9.17) is 21.1 Å². The van der Waals surface area contributed by atoms with Gasteiger partial charge in [0.05, 0.1) is 22.5 Å². The molecular formula is C23H13ClF4N6O2. The molecule has 0 bridgehead atoms. The van der Waals surface area contributed by atoms with E-state index in [-0.39, 0.29) is 18.2 Å². The number of nitrogens with zero attached hydrogens (tertiary/aromatic N) is 6. The molecule has 0 spiro atoms. The lowest BCUT2D eigenvalue weighted by atomic mass is 10.2. The molecule has 36 heavy (non-hydrogen) atoms. The average molecular weight is 517 g/mol. The molecule has 0 saturated carbocycles. The van der Waals surface area contributed by atoms with E-state index in [0.717, 1.165) is 23.4 Å². The van der Waals surface area contributed by atoms with Crippen LogP contribution in [0, 0.1) is 5.82 Å². The third-order valence-electron chi connectivity index (χ3n) is 4.92. The summed E-state index contributed by atoms with van der Waals surface area (Å²) in [4.78, 5) is 20.4. The molecule has 0 unspecified atom stereocenters. The second kappa shape index (κ2) is 9.38. The SMILES string of the molecule is Fc1cc(COc2ccn3c(-c4cncnc4)cnc3n2)cnc1Oc1ccc(Cl)c(C(F)(F)F)c1. The number of benzene rings is 1. The molecule has 0 amide bonds. The number of halogens is 5. The fourth-order valence-electron chi connectivity index (χ4n) is 3.25. The van der Waals surface area contributed by atoms with Crippen molar-refractivity contribution in [1.82, 2.24) is 29.3 Å². The number of alkyl halides is 3. The van der Waals surface area contributed by atoms with Gasteiger partial charge >= 0.3 is 6.18 Å². The summed E-state index contributed by atoms with van der Waals surface area (Å²) in [6, 6.07) is 5.59. The van der Waals surface area contributed by atoms with Gasteiger partial charge in [-0.1, -0.05) is 11.6 Å².